The van der Waals surface area contributed by atoms with Crippen molar-refractivity contribution in [3.05, 3.63) is 77.7 Å². The van der Waals surface area contributed by atoms with E-state index < -0.39 is 0 Å². The van der Waals surface area contributed by atoms with E-state index in [4.69, 9.17) is 5.73 Å². The molecule has 3 aromatic rings. The molecule has 29 heavy (non-hydrogen) atoms. The second-order valence-corrected chi connectivity index (χ2v) is 6.91. The highest BCUT2D eigenvalue weighted by Gasteiger charge is 2.14. The van der Waals surface area contributed by atoms with Crippen LogP contribution in [0.2, 0.25) is 0 Å². The lowest BCUT2D eigenvalue weighted by Crippen LogP contribution is -2.38. The number of aryl methyl sites for hydroxylation is 1. The van der Waals surface area contributed by atoms with Crippen molar-refractivity contribution in [1.82, 2.24) is 14.7 Å². The lowest BCUT2D eigenvalue weighted by atomic mass is 10.1. The lowest BCUT2D eigenvalue weighted by molar-refractivity contribution is -0.117. The van der Waals surface area contributed by atoms with Crippen LogP contribution >= 0.6 is 0 Å². The summed E-state index contributed by atoms with van der Waals surface area (Å²) in [5.41, 5.74) is 8.38. The first-order chi connectivity index (χ1) is 14.0. The molecule has 0 aliphatic carbocycles. The summed E-state index contributed by atoms with van der Waals surface area (Å²) in [6, 6.07) is 17.9. The van der Waals surface area contributed by atoms with E-state index in [9.17, 15) is 9.18 Å². The van der Waals surface area contributed by atoms with E-state index in [0.29, 0.717) is 24.6 Å². The third-order valence-electron chi connectivity index (χ3n) is 4.54. The van der Waals surface area contributed by atoms with E-state index in [1.807, 2.05) is 30.0 Å². The number of halogens is 1. The monoisotopic (exact) mass is 395 g/mol. The molecule has 7 heteroatoms. The number of anilines is 1. The lowest BCUT2D eigenvalue weighted by Gasteiger charge is -2.21. The fourth-order valence-electron chi connectivity index (χ4n) is 3.14. The SMILES string of the molecule is Cc1cc(NC(=O)CN(CCN)CCc2ccccc2)n(-c2ccc(F)cc2)n1. The number of hydrogen-bond donors (Lipinski definition) is 2. The summed E-state index contributed by atoms with van der Waals surface area (Å²) in [6.07, 6.45) is 0.848. The van der Waals surface area contributed by atoms with Gasteiger partial charge >= 0.3 is 0 Å². The number of nitrogens with zero attached hydrogens (tertiary/aromatic N) is 3. The Hall–Kier alpha value is -3.03. The first-order valence-corrected chi connectivity index (χ1v) is 9.64. The standard InChI is InChI=1S/C22H26FN5O/c1-17-15-21(28(26-17)20-9-7-19(23)8-10-20)25-22(29)16-27(14-12-24)13-11-18-5-3-2-4-6-18/h2-10,15H,11-14,16,24H2,1H3,(H,25,29). The maximum atomic E-state index is 13.2. The predicted octanol–water partition coefficient (Wildman–Crippen LogP) is 2.76. The molecule has 0 unspecified atom stereocenters. The van der Waals surface area contributed by atoms with E-state index in [1.54, 1.807) is 22.9 Å². The van der Waals surface area contributed by atoms with Crippen LogP contribution in [0.5, 0.6) is 0 Å². The molecule has 3 N–H and O–H groups in total. The first-order valence-electron chi connectivity index (χ1n) is 9.64. The van der Waals surface area contributed by atoms with Crippen LogP contribution in [0.3, 0.4) is 0 Å². The van der Waals surface area contributed by atoms with Crippen LogP contribution in [0.4, 0.5) is 10.2 Å². The number of carbonyl (C=O) groups is 1. The molecule has 0 radical (unpaired) electrons. The topological polar surface area (TPSA) is 76.2 Å². The van der Waals surface area contributed by atoms with Gasteiger partial charge in [-0.05, 0) is 43.2 Å². The van der Waals surface area contributed by atoms with Crippen LogP contribution in [0.1, 0.15) is 11.3 Å². The quantitative estimate of drug-likeness (QED) is 0.584. The minimum absolute atomic E-state index is 0.144. The highest BCUT2D eigenvalue weighted by Crippen LogP contribution is 2.17. The third-order valence-corrected chi connectivity index (χ3v) is 4.54. The molecular formula is C22H26FN5O. The van der Waals surface area contributed by atoms with Crippen molar-refractivity contribution in [3.8, 4) is 5.69 Å². The summed E-state index contributed by atoms with van der Waals surface area (Å²) in [5, 5.41) is 7.32. The Morgan fingerprint density at radius 3 is 2.55 bits per heavy atom. The van der Waals surface area contributed by atoms with Gasteiger partial charge in [-0.25, -0.2) is 9.07 Å². The van der Waals surface area contributed by atoms with Crippen molar-refractivity contribution >= 4 is 11.7 Å². The van der Waals surface area contributed by atoms with Gasteiger partial charge in [0.1, 0.15) is 11.6 Å². The number of rotatable bonds is 9. The van der Waals surface area contributed by atoms with Gasteiger partial charge in [-0.3, -0.25) is 9.69 Å². The third kappa shape index (κ3) is 5.97. The zero-order valence-electron chi connectivity index (χ0n) is 16.5. The highest BCUT2D eigenvalue weighted by atomic mass is 19.1. The van der Waals surface area contributed by atoms with Gasteiger partial charge in [0.15, 0.2) is 0 Å². The minimum atomic E-state index is -0.320. The van der Waals surface area contributed by atoms with E-state index in [1.165, 1.54) is 17.7 Å². The van der Waals surface area contributed by atoms with Gasteiger partial charge in [0.05, 0.1) is 17.9 Å². The molecule has 0 aliphatic heterocycles. The van der Waals surface area contributed by atoms with Crippen molar-refractivity contribution in [2.24, 2.45) is 5.73 Å². The number of nitrogens with one attached hydrogen (secondary N) is 1. The van der Waals surface area contributed by atoms with Gasteiger partial charge in [0.2, 0.25) is 5.91 Å². The smallest absolute Gasteiger partial charge is 0.239 e. The van der Waals surface area contributed by atoms with E-state index in [0.717, 1.165) is 18.7 Å². The van der Waals surface area contributed by atoms with Crippen LogP contribution in [0, 0.1) is 12.7 Å². The average molecular weight is 395 g/mol. The Labute approximate surface area is 170 Å². The van der Waals surface area contributed by atoms with E-state index in [-0.39, 0.29) is 18.3 Å². The summed E-state index contributed by atoms with van der Waals surface area (Å²) in [7, 11) is 0. The van der Waals surface area contributed by atoms with Crippen molar-refractivity contribution < 1.29 is 9.18 Å². The molecule has 0 saturated heterocycles. The molecule has 0 spiro atoms. The molecule has 1 amide bonds. The van der Waals surface area contributed by atoms with Crippen LogP contribution < -0.4 is 11.1 Å². The van der Waals surface area contributed by atoms with E-state index >= 15 is 0 Å². The number of nitrogens with two attached hydrogens (primary N) is 1. The maximum absolute atomic E-state index is 13.2. The Bertz CT molecular complexity index is 924. The number of amides is 1. The fraction of sp³-hybridized carbons (Fsp3) is 0.273. The summed E-state index contributed by atoms with van der Waals surface area (Å²) >= 11 is 0. The summed E-state index contributed by atoms with van der Waals surface area (Å²) in [4.78, 5) is 14.7. The number of hydrogen-bond acceptors (Lipinski definition) is 4. The second kappa shape index (κ2) is 9.95. The molecular weight excluding hydrogens is 369 g/mol. The molecule has 152 valence electrons. The largest absolute Gasteiger partial charge is 0.329 e. The van der Waals surface area contributed by atoms with Crippen molar-refractivity contribution in [3.63, 3.8) is 0 Å². The zero-order valence-corrected chi connectivity index (χ0v) is 16.5. The Balaban J connectivity index is 1.65. The number of benzene rings is 2. The van der Waals surface area contributed by atoms with Gasteiger partial charge in [-0.15, -0.1) is 0 Å². The van der Waals surface area contributed by atoms with Crippen molar-refractivity contribution in [1.29, 1.82) is 0 Å². The normalized spacial score (nSPS) is 11.0. The summed E-state index contributed by atoms with van der Waals surface area (Å²) in [6.45, 7) is 3.93. The minimum Gasteiger partial charge on any atom is -0.329 e. The van der Waals surface area contributed by atoms with Gasteiger partial charge in [-0.1, -0.05) is 30.3 Å². The highest BCUT2D eigenvalue weighted by molar-refractivity contribution is 5.91. The van der Waals surface area contributed by atoms with Gasteiger partial charge < -0.3 is 11.1 Å². The van der Waals surface area contributed by atoms with E-state index in [2.05, 4.69) is 22.5 Å². The fourth-order valence-corrected chi connectivity index (χ4v) is 3.14. The van der Waals surface area contributed by atoms with Gasteiger partial charge in [0, 0.05) is 25.7 Å². The van der Waals surface area contributed by atoms with Crippen LogP contribution in [0.25, 0.3) is 5.69 Å². The van der Waals surface area contributed by atoms with Crippen LogP contribution in [0.15, 0.2) is 60.7 Å². The Kier molecular flexibility index (Phi) is 7.10. The molecule has 0 fully saturated rings. The first kappa shape index (κ1) is 20.7. The Morgan fingerprint density at radius 2 is 1.86 bits per heavy atom. The molecule has 1 heterocycles. The molecule has 1 aromatic heterocycles. The Morgan fingerprint density at radius 1 is 1.14 bits per heavy atom. The van der Waals surface area contributed by atoms with Crippen molar-refractivity contribution in [2.45, 2.75) is 13.3 Å². The average Bonchev–Trinajstić information content (AvgIpc) is 3.07. The number of carbonyl (C=O) groups excluding carboxylic acids is 1. The maximum Gasteiger partial charge on any atom is 0.239 e. The van der Waals surface area contributed by atoms with Gasteiger partial charge in [0.25, 0.3) is 0 Å². The second-order valence-electron chi connectivity index (χ2n) is 6.91. The molecule has 0 saturated carbocycles. The zero-order chi connectivity index (χ0) is 20.6. The molecule has 3 rings (SSSR count). The summed E-state index contributed by atoms with van der Waals surface area (Å²) in [5.74, 6) is 0.0868. The molecule has 0 atom stereocenters. The molecule has 2 aromatic carbocycles. The number of aromatic nitrogens is 2. The summed E-state index contributed by atoms with van der Waals surface area (Å²) < 4.78 is 14.8. The van der Waals surface area contributed by atoms with Gasteiger partial charge in [-0.2, -0.15) is 5.10 Å². The molecule has 0 aliphatic rings. The van der Waals surface area contributed by atoms with Crippen molar-refractivity contribution in [2.75, 3.05) is 31.5 Å². The molecule has 6 nitrogen and oxygen atoms in total. The van der Waals surface area contributed by atoms with Crippen LogP contribution in [-0.4, -0.2) is 46.8 Å². The predicted molar refractivity (Wildman–Crippen MR) is 113 cm³/mol. The molecule has 0 bridgehead atoms. The van der Waals surface area contributed by atoms with Crippen LogP contribution in [-0.2, 0) is 11.2 Å².